The Bertz CT molecular complexity index is 2190. The maximum absolute atomic E-state index is 14.8. The second kappa shape index (κ2) is 13.9. The minimum absolute atomic E-state index is 0.0524. The van der Waals surface area contributed by atoms with Crippen molar-refractivity contribution in [1.29, 1.82) is 5.41 Å². The van der Waals surface area contributed by atoms with Crippen LogP contribution in [0.15, 0.2) is 61.2 Å². The number of pyridine rings is 1. The molecule has 53 heavy (non-hydrogen) atoms. The fraction of sp³-hybridized carbons (Fsp3) is 0.382. The maximum atomic E-state index is 14.8. The predicted octanol–water partition coefficient (Wildman–Crippen LogP) is 6.86. The Morgan fingerprint density at radius 3 is 2.38 bits per heavy atom. The molecule has 19 heteroatoms. The second-order valence-corrected chi connectivity index (χ2v) is 14.4. The molecule has 4 N–H and O–H groups in total. The first-order valence-electron chi connectivity index (χ1n) is 16.3. The van der Waals surface area contributed by atoms with Crippen LogP contribution in [0.1, 0.15) is 75.4 Å². The molecule has 0 spiro atoms. The number of hydrogen-bond donors (Lipinski definition) is 3. The number of nitrogens with one attached hydrogen (secondary N) is 2. The third-order valence-electron chi connectivity index (χ3n) is 8.95. The van der Waals surface area contributed by atoms with Gasteiger partial charge < -0.3 is 15.8 Å². The Kier molecular flexibility index (Phi) is 9.78. The van der Waals surface area contributed by atoms with Gasteiger partial charge in [-0.2, -0.15) is 23.4 Å². The molecule has 5 aromatic rings. The van der Waals surface area contributed by atoms with Gasteiger partial charge in [-0.05, 0) is 72.2 Å². The van der Waals surface area contributed by atoms with E-state index in [-0.39, 0.29) is 35.5 Å². The van der Waals surface area contributed by atoms with Crippen LogP contribution in [0.25, 0.3) is 22.2 Å². The highest BCUT2D eigenvalue weighted by atomic mass is 35.5. The lowest BCUT2D eigenvalue weighted by molar-refractivity contribution is -0.164. The molecule has 2 aromatic carbocycles. The average molecular weight is 761 g/mol. The van der Waals surface area contributed by atoms with E-state index in [1.165, 1.54) is 24.5 Å². The molecule has 0 radical (unpaired) electrons. The third kappa shape index (κ3) is 7.58. The van der Waals surface area contributed by atoms with Gasteiger partial charge in [-0.1, -0.05) is 44.5 Å². The molecule has 0 bridgehead atoms. The number of aromatic nitrogens is 6. The molecule has 280 valence electrons. The summed E-state index contributed by atoms with van der Waals surface area (Å²) in [6, 6.07) is 11.4. The van der Waals surface area contributed by atoms with Crippen LogP contribution in [0.3, 0.4) is 0 Å². The topological polar surface area (TPSA) is 169 Å². The Morgan fingerprint density at radius 1 is 1.04 bits per heavy atom. The number of halogens is 6. The zero-order valence-corrected chi connectivity index (χ0v) is 29.3. The number of nitrogens with two attached hydrogens (primary N) is 1. The quantitative estimate of drug-likeness (QED) is 0.0788. The number of nitrogens with zero attached hydrogens (tertiary/aromatic N) is 7. The van der Waals surface area contributed by atoms with Crippen LogP contribution >= 0.6 is 11.6 Å². The summed E-state index contributed by atoms with van der Waals surface area (Å²) in [6.07, 6.45) is -7.37. The molecule has 0 saturated heterocycles. The first-order valence-corrected chi connectivity index (χ1v) is 16.7. The molecule has 2 atom stereocenters. The van der Waals surface area contributed by atoms with Crippen LogP contribution in [0.2, 0.25) is 5.02 Å². The lowest BCUT2D eigenvalue weighted by Crippen LogP contribution is -2.50. The van der Waals surface area contributed by atoms with Crippen LogP contribution in [-0.2, 0) is 9.53 Å². The number of guanidine groups is 1. The Morgan fingerprint density at radius 2 is 1.74 bits per heavy atom. The number of carbonyl (C=O) groups excluding carboxylic acids is 2. The van der Waals surface area contributed by atoms with E-state index in [2.05, 4.69) is 20.2 Å². The zero-order chi connectivity index (χ0) is 38.5. The number of hydrogen-bond acceptors (Lipinski definition) is 8. The summed E-state index contributed by atoms with van der Waals surface area (Å²) >= 11 is 6.41. The van der Waals surface area contributed by atoms with Crippen molar-refractivity contribution < 1.29 is 36.3 Å². The van der Waals surface area contributed by atoms with E-state index in [9.17, 15) is 31.5 Å². The van der Waals surface area contributed by atoms with E-state index in [0.717, 1.165) is 21.3 Å². The monoisotopic (exact) mass is 760 g/mol. The van der Waals surface area contributed by atoms with Gasteiger partial charge in [0.2, 0.25) is 5.91 Å². The highest BCUT2D eigenvalue weighted by Gasteiger charge is 2.64. The first kappa shape index (κ1) is 37.4. The van der Waals surface area contributed by atoms with Crippen molar-refractivity contribution in [3.8, 4) is 5.69 Å². The molecule has 13 nitrogen and oxygen atoms in total. The van der Waals surface area contributed by atoms with Crippen LogP contribution in [-0.4, -0.2) is 70.5 Å². The van der Waals surface area contributed by atoms with Crippen molar-refractivity contribution in [1.82, 2.24) is 39.6 Å². The minimum atomic E-state index is -4.74. The Hall–Kier alpha value is -5.39. The molecular weight excluding hydrogens is 727 g/mol. The lowest BCUT2D eigenvalue weighted by atomic mass is 9.80. The molecular formula is C34H34ClF5N10O3. The van der Waals surface area contributed by atoms with Crippen molar-refractivity contribution in [2.24, 2.45) is 11.1 Å². The number of alkyl carbamates (subject to hydrolysis) is 1. The van der Waals surface area contributed by atoms with Crippen molar-refractivity contribution in [2.45, 2.75) is 70.1 Å². The average Bonchev–Trinajstić information content (AvgIpc) is 3.46. The van der Waals surface area contributed by atoms with E-state index in [4.69, 9.17) is 27.5 Å². The van der Waals surface area contributed by atoms with Gasteiger partial charge in [-0.25, -0.2) is 32.7 Å². The van der Waals surface area contributed by atoms with Crippen molar-refractivity contribution in [3.63, 3.8) is 0 Å². The standard InChI is InChI=1S/C34H34ClF5N10O3/c1-32(2,3)14-21(18-5-8-23-19(12-18)6-9-26-43-16-45-49(23)26)29(51)48(30(41)42)25(15-53-31(52)47-33(10-11-33)34(38,39)40)20-4-7-22(35)24(13-20)50-28(27(36)37)44-17-46-50/h4-9,12-13,16-17,21,25,27H,10-11,14-15H2,1-3H3,(H3,41,42)(H,47,52)/t21-,25+/m0/s1. The van der Waals surface area contributed by atoms with E-state index in [1.54, 1.807) is 28.8 Å². The molecule has 3 aromatic heterocycles. The minimum Gasteiger partial charge on any atom is -0.447 e. The van der Waals surface area contributed by atoms with Gasteiger partial charge in [0.15, 0.2) is 17.4 Å². The van der Waals surface area contributed by atoms with Gasteiger partial charge in [0, 0.05) is 5.39 Å². The smallest absolute Gasteiger partial charge is 0.411 e. The number of ether oxygens (including phenoxy) is 1. The molecule has 1 saturated carbocycles. The number of rotatable bonds is 10. The van der Waals surface area contributed by atoms with Gasteiger partial charge >= 0.3 is 12.3 Å². The van der Waals surface area contributed by atoms with E-state index in [1.807, 2.05) is 32.2 Å². The number of benzene rings is 2. The summed E-state index contributed by atoms with van der Waals surface area (Å²) in [6.45, 7) is 4.94. The fourth-order valence-electron chi connectivity index (χ4n) is 6.19. The van der Waals surface area contributed by atoms with Gasteiger partial charge in [0.1, 0.15) is 24.8 Å². The Labute approximate surface area is 303 Å². The molecule has 1 fully saturated rings. The van der Waals surface area contributed by atoms with Gasteiger partial charge in [0.05, 0.1) is 28.2 Å². The second-order valence-electron chi connectivity index (χ2n) is 14.0. The number of alkyl halides is 5. The molecule has 1 aliphatic rings. The number of carbonyl (C=O) groups is 2. The number of amides is 2. The van der Waals surface area contributed by atoms with Crippen LogP contribution in [0.4, 0.5) is 26.7 Å². The zero-order valence-electron chi connectivity index (χ0n) is 28.5. The summed E-state index contributed by atoms with van der Waals surface area (Å²) < 4.78 is 76.4. The predicted molar refractivity (Wildman–Crippen MR) is 183 cm³/mol. The molecule has 6 rings (SSSR count). The third-order valence-corrected chi connectivity index (χ3v) is 9.27. The largest absolute Gasteiger partial charge is 0.447 e. The van der Waals surface area contributed by atoms with Crippen molar-refractivity contribution in [3.05, 3.63) is 83.2 Å². The molecule has 0 unspecified atom stereocenters. The van der Waals surface area contributed by atoms with Crippen molar-refractivity contribution >= 4 is 46.1 Å². The summed E-state index contributed by atoms with van der Waals surface area (Å²) in [5, 5.41) is 19.3. The highest BCUT2D eigenvalue weighted by Crippen LogP contribution is 2.49. The Balaban J connectivity index is 1.43. The number of fused-ring (bicyclic) bond motifs is 3. The van der Waals surface area contributed by atoms with Gasteiger partial charge in [-0.3, -0.25) is 15.1 Å². The molecule has 1 aliphatic carbocycles. The van der Waals surface area contributed by atoms with E-state index in [0.29, 0.717) is 16.7 Å². The van der Waals surface area contributed by atoms with E-state index < -0.39 is 65.9 Å². The first-order chi connectivity index (χ1) is 24.9. The molecule has 0 aliphatic heterocycles. The lowest BCUT2D eigenvalue weighted by Gasteiger charge is -2.35. The van der Waals surface area contributed by atoms with E-state index >= 15 is 0 Å². The highest BCUT2D eigenvalue weighted by molar-refractivity contribution is 6.32. The summed E-state index contributed by atoms with van der Waals surface area (Å²) in [5.41, 5.74) is 5.03. The molecule has 3 heterocycles. The van der Waals surface area contributed by atoms with Crippen molar-refractivity contribution in [2.75, 3.05) is 6.61 Å². The summed E-state index contributed by atoms with van der Waals surface area (Å²) in [4.78, 5) is 36.4. The van der Waals surface area contributed by atoms with Crippen LogP contribution in [0.5, 0.6) is 0 Å². The van der Waals surface area contributed by atoms with Crippen LogP contribution in [0, 0.1) is 10.8 Å². The van der Waals surface area contributed by atoms with Crippen LogP contribution < -0.4 is 11.1 Å². The van der Waals surface area contributed by atoms with Gasteiger partial charge in [0.25, 0.3) is 6.43 Å². The molecule has 2 amide bonds. The SMILES string of the molecule is CC(C)(C)C[C@H](C(=O)N(C(=N)N)[C@H](COC(=O)NC1(C(F)(F)F)CC1)c1ccc(Cl)c(-n2ncnc2C(F)F)c1)c1ccc2c(ccc3ncnn32)c1. The summed E-state index contributed by atoms with van der Waals surface area (Å²) in [5.74, 6) is -3.20. The maximum Gasteiger partial charge on any atom is 0.411 e. The normalized spacial score (nSPS) is 15.4. The van der Waals surface area contributed by atoms with Gasteiger partial charge in [-0.15, -0.1) is 0 Å². The summed E-state index contributed by atoms with van der Waals surface area (Å²) in [7, 11) is 0. The fourth-order valence-corrected chi connectivity index (χ4v) is 6.39.